The molecule has 0 spiro atoms. The van der Waals surface area contributed by atoms with Crippen LogP contribution in [0.2, 0.25) is 0 Å². The molecular formula is C26H38N4O4. The quantitative estimate of drug-likeness (QED) is 0.326. The number of rotatable bonds is 13. The molecular weight excluding hydrogens is 432 g/mol. The second kappa shape index (κ2) is 14.0. The third kappa shape index (κ3) is 10.9. The highest BCUT2D eigenvalue weighted by Gasteiger charge is 2.26. The van der Waals surface area contributed by atoms with Crippen LogP contribution in [0.5, 0.6) is 0 Å². The molecule has 0 bridgehead atoms. The predicted octanol–water partition coefficient (Wildman–Crippen LogP) is 3.76. The van der Waals surface area contributed by atoms with Crippen molar-refractivity contribution in [2.24, 2.45) is 5.92 Å². The molecule has 0 aliphatic rings. The minimum Gasteiger partial charge on any atom is -0.481 e. The van der Waals surface area contributed by atoms with E-state index in [-0.39, 0.29) is 24.8 Å². The number of aromatic nitrogens is 1. The lowest BCUT2D eigenvalue weighted by Gasteiger charge is -2.29. The summed E-state index contributed by atoms with van der Waals surface area (Å²) in [5.74, 6) is -1.36. The summed E-state index contributed by atoms with van der Waals surface area (Å²) < 4.78 is 0. The summed E-state index contributed by atoms with van der Waals surface area (Å²) in [6.07, 6.45) is 10.9. The number of pyridine rings is 1. The summed E-state index contributed by atoms with van der Waals surface area (Å²) in [5, 5.41) is 18.0. The summed E-state index contributed by atoms with van der Waals surface area (Å²) in [7, 11) is 0. The number of nitrogens with zero attached hydrogens (tertiary/aromatic N) is 1. The summed E-state index contributed by atoms with van der Waals surface area (Å²) >= 11 is 0. The first kappa shape index (κ1) is 28.6. The smallest absolute Gasteiger partial charge is 0.305 e. The first-order valence-electron chi connectivity index (χ1n) is 11.4. The Hall–Kier alpha value is -3.42. The molecule has 1 rings (SSSR count). The van der Waals surface area contributed by atoms with Gasteiger partial charge in [-0.2, -0.15) is 0 Å². The van der Waals surface area contributed by atoms with Crippen LogP contribution in [0, 0.1) is 12.8 Å². The van der Waals surface area contributed by atoms with Crippen LogP contribution < -0.4 is 16.0 Å². The van der Waals surface area contributed by atoms with Gasteiger partial charge in [0.15, 0.2) is 0 Å². The minimum absolute atomic E-state index is 0.237. The molecule has 186 valence electrons. The number of aryl methyl sites for hydroxylation is 1. The molecule has 1 aromatic rings. The van der Waals surface area contributed by atoms with E-state index in [2.05, 4.69) is 20.9 Å². The monoisotopic (exact) mass is 470 g/mol. The third-order valence-electron chi connectivity index (χ3n) is 5.03. The highest BCUT2D eigenvalue weighted by molar-refractivity contribution is 5.86. The SMILES string of the molecule is C\C=C/C=C(\C=C/C)[C@H](CC(=O)O)NC(=O)CNC(=O)C(C)CC(C)(C)Nc1cc(C)ccn1. The Morgan fingerprint density at radius 1 is 1.21 bits per heavy atom. The average Bonchev–Trinajstić information content (AvgIpc) is 2.73. The van der Waals surface area contributed by atoms with Crippen LogP contribution in [-0.4, -0.2) is 46.0 Å². The fraction of sp³-hybridized carbons (Fsp3) is 0.462. The van der Waals surface area contributed by atoms with E-state index in [1.807, 2.05) is 52.8 Å². The van der Waals surface area contributed by atoms with Gasteiger partial charge < -0.3 is 21.1 Å². The molecule has 0 aliphatic heterocycles. The number of nitrogens with one attached hydrogen (secondary N) is 3. The highest BCUT2D eigenvalue weighted by atomic mass is 16.4. The zero-order valence-electron chi connectivity index (χ0n) is 21.0. The van der Waals surface area contributed by atoms with Crippen molar-refractivity contribution in [2.75, 3.05) is 11.9 Å². The fourth-order valence-corrected chi connectivity index (χ4v) is 3.56. The average molecular weight is 471 g/mol. The molecule has 0 saturated heterocycles. The van der Waals surface area contributed by atoms with E-state index in [0.29, 0.717) is 12.0 Å². The van der Waals surface area contributed by atoms with Gasteiger partial charge in [-0.1, -0.05) is 37.3 Å². The van der Waals surface area contributed by atoms with Gasteiger partial charge in [0, 0.05) is 17.7 Å². The molecule has 4 N–H and O–H groups in total. The molecule has 34 heavy (non-hydrogen) atoms. The summed E-state index contributed by atoms with van der Waals surface area (Å²) in [6.45, 7) is 11.2. The predicted molar refractivity (Wildman–Crippen MR) is 135 cm³/mol. The maximum Gasteiger partial charge on any atom is 0.305 e. The van der Waals surface area contributed by atoms with Crippen molar-refractivity contribution in [1.82, 2.24) is 15.6 Å². The Morgan fingerprint density at radius 2 is 1.91 bits per heavy atom. The molecule has 2 amide bonds. The van der Waals surface area contributed by atoms with Crippen LogP contribution in [0.15, 0.2) is 54.3 Å². The second-order valence-corrected chi connectivity index (χ2v) is 8.96. The Labute approximate surface area is 202 Å². The molecule has 8 nitrogen and oxygen atoms in total. The van der Waals surface area contributed by atoms with Crippen LogP contribution >= 0.6 is 0 Å². The largest absolute Gasteiger partial charge is 0.481 e. The maximum atomic E-state index is 12.6. The van der Waals surface area contributed by atoms with E-state index >= 15 is 0 Å². The van der Waals surface area contributed by atoms with E-state index in [1.165, 1.54) is 0 Å². The second-order valence-electron chi connectivity index (χ2n) is 8.96. The van der Waals surface area contributed by atoms with Gasteiger partial charge in [0.25, 0.3) is 0 Å². The fourth-order valence-electron chi connectivity index (χ4n) is 3.56. The number of carbonyl (C=O) groups excluding carboxylic acids is 2. The van der Waals surface area contributed by atoms with E-state index in [0.717, 1.165) is 11.4 Å². The normalized spacial score (nSPS) is 14.1. The Morgan fingerprint density at radius 3 is 2.50 bits per heavy atom. The third-order valence-corrected chi connectivity index (χ3v) is 5.03. The van der Waals surface area contributed by atoms with Gasteiger partial charge in [0.1, 0.15) is 5.82 Å². The molecule has 1 unspecified atom stereocenters. The number of carboxylic acids is 1. The molecule has 0 aliphatic carbocycles. The van der Waals surface area contributed by atoms with Crippen LogP contribution in [-0.2, 0) is 14.4 Å². The van der Waals surface area contributed by atoms with Crippen molar-refractivity contribution in [2.45, 2.75) is 66.0 Å². The van der Waals surface area contributed by atoms with Crippen molar-refractivity contribution >= 4 is 23.6 Å². The first-order chi connectivity index (χ1) is 16.0. The van der Waals surface area contributed by atoms with E-state index in [9.17, 15) is 19.5 Å². The summed E-state index contributed by atoms with van der Waals surface area (Å²) in [4.78, 5) is 40.7. The topological polar surface area (TPSA) is 120 Å². The van der Waals surface area contributed by atoms with Gasteiger partial charge >= 0.3 is 5.97 Å². The number of amides is 2. The molecule has 0 fully saturated rings. The van der Waals surface area contributed by atoms with Crippen LogP contribution in [0.3, 0.4) is 0 Å². The number of hydrogen-bond donors (Lipinski definition) is 4. The van der Waals surface area contributed by atoms with Gasteiger partial charge in [-0.05, 0) is 64.3 Å². The summed E-state index contributed by atoms with van der Waals surface area (Å²) in [6, 6.07) is 3.14. The molecule has 2 atom stereocenters. The molecule has 0 radical (unpaired) electrons. The van der Waals surface area contributed by atoms with Crippen molar-refractivity contribution < 1.29 is 19.5 Å². The number of anilines is 1. The van der Waals surface area contributed by atoms with Gasteiger partial charge in [-0.25, -0.2) is 4.98 Å². The van der Waals surface area contributed by atoms with Gasteiger partial charge in [-0.3, -0.25) is 14.4 Å². The maximum absolute atomic E-state index is 12.6. The van der Waals surface area contributed by atoms with E-state index in [4.69, 9.17) is 0 Å². The zero-order chi connectivity index (χ0) is 25.7. The van der Waals surface area contributed by atoms with Crippen molar-refractivity contribution in [3.63, 3.8) is 0 Å². The van der Waals surface area contributed by atoms with Crippen molar-refractivity contribution in [3.8, 4) is 0 Å². The van der Waals surface area contributed by atoms with Crippen LogP contribution in [0.1, 0.15) is 53.0 Å². The number of carboxylic acid groups (broad SMARTS) is 1. The molecule has 0 saturated carbocycles. The minimum atomic E-state index is -1.03. The highest BCUT2D eigenvalue weighted by Crippen LogP contribution is 2.21. The molecule has 1 heterocycles. The standard InChI is InChI=1S/C26H38N4O4/c1-7-9-11-20(10-8-2)21(15-24(32)33)29-23(31)17-28-25(34)19(4)16-26(5,6)30-22-14-18(3)12-13-27-22/h7-14,19,21H,15-17H2,1-6H3,(H,27,30)(H,28,34)(H,29,31)(H,32,33)/b9-7-,10-8-,20-11+/t19?,21-/m0/s1. The Balaban J connectivity index is 2.70. The lowest BCUT2D eigenvalue weighted by molar-refractivity contribution is -0.137. The Kier molecular flexibility index (Phi) is 11.8. The van der Waals surface area contributed by atoms with Crippen molar-refractivity contribution in [3.05, 3.63) is 59.8 Å². The van der Waals surface area contributed by atoms with Gasteiger partial charge in [0.2, 0.25) is 11.8 Å². The molecule has 0 aromatic carbocycles. The number of allylic oxidation sites excluding steroid dienone is 4. The molecule has 8 heteroatoms. The van der Waals surface area contributed by atoms with Crippen LogP contribution in [0.4, 0.5) is 5.82 Å². The Bertz CT molecular complexity index is 934. The molecule has 1 aromatic heterocycles. The van der Waals surface area contributed by atoms with E-state index in [1.54, 1.807) is 37.4 Å². The number of hydrogen-bond acceptors (Lipinski definition) is 5. The van der Waals surface area contributed by atoms with Crippen LogP contribution in [0.25, 0.3) is 0 Å². The lowest BCUT2D eigenvalue weighted by Crippen LogP contribution is -2.45. The van der Waals surface area contributed by atoms with Crippen molar-refractivity contribution in [1.29, 1.82) is 0 Å². The van der Waals surface area contributed by atoms with Gasteiger partial charge in [0.05, 0.1) is 19.0 Å². The number of carbonyl (C=O) groups is 3. The lowest BCUT2D eigenvalue weighted by atomic mass is 9.91. The van der Waals surface area contributed by atoms with E-state index < -0.39 is 23.5 Å². The summed E-state index contributed by atoms with van der Waals surface area (Å²) in [5.41, 5.74) is 1.35. The zero-order valence-corrected chi connectivity index (χ0v) is 21.0. The number of aliphatic carboxylic acids is 1. The van der Waals surface area contributed by atoms with Gasteiger partial charge in [-0.15, -0.1) is 0 Å². The first-order valence-corrected chi connectivity index (χ1v) is 11.4.